The Morgan fingerprint density at radius 2 is 1.95 bits per heavy atom. The lowest BCUT2D eigenvalue weighted by Crippen LogP contribution is -2.36. The minimum absolute atomic E-state index is 0.320. The van der Waals surface area contributed by atoms with Crippen molar-refractivity contribution in [2.75, 3.05) is 13.1 Å². The molecule has 2 rings (SSSR count). The van der Waals surface area contributed by atoms with Crippen LogP contribution in [-0.4, -0.2) is 29.1 Å². The van der Waals surface area contributed by atoms with Gasteiger partial charge in [-0.3, -0.25) is 9.69 Å². The normalized spacial score (nSPS) is 19.3. The minimum atomic E-state index is -0.667. The van der Waals surface area contributed by atoms with Gasteiger partial charge >= 0.3 is 5.97 Å². The minimum Gasteiger partial charge on any atom is -0.481 e. The highest BCUT2D eigenvalue weighted by molar-refractivity contribution is 9.10. The summed E-state index contributed by atoms with van der Waals surface area (Å²) in [4.78, 5) is 13.2. The molecule has 1 aliphatic rings. The predicted octanol–water partition coefficient (Wildman–Crippen LogP) is 3.70. The molecule has 1 aromatic carbocycles. The van der Waals surface area contributed by atoms with Gasteiger partial charge in [-0.05, 0) is 56.5 Å². The standard InChI is InChI=1S/C15H20BrNO2/c1-11(13-2-4-14(16)5-3-13)17-8-6-12(7-9-17)10-15(18)19/h2-5,11-12H,6-10H2,1H3,(H,18,19). The summed E-state index contributed by atoms with van der Waals surface area (Å²) in [7, 11) is 0. The molecule has 4 heteroatoms. The summed E-state index contributed by atoms with van der Waals surface area (Å²) < 4.78 is 1.10. The Labute approximate surface area is 122 Å². The number of carboxylic acids is 1. The smallest absolute Gasteiger partial charge is 0.303 e. The molecule has 0 radical (unpaired) electrons. The van der Waals surface area contributed by atoms with Crippen molar-refractivity contribution >= 4 is 21.9 Å². The van der Waals surface area contributed by atoms with Crippen LogP contribution in [0.2, 0.25) is 0 Å². The predicted molar refractivity (Wildman–Crippen MR) is 79.1 cm³/mol. The van der Waals surface area contributed by atoms with Crippen molar-refractivity contribution in [3.05, 3.63) is 34.3 Å². The Morgan fingerprint density at radius 1 is 1.37 bits per heavy atom. The van der Waals surface area contributed by atoms with Gasteiger partial charge in [0, 0.05) is 16.9 Å². The second-order valence-electron chi connectivity index (χ2n) is 5.30. The molecule has 0 amide bonds. The average Bonchev–Trinajstić information content (AvgIpc) is 2.39. The maximum Gasteiger partial charge on any atom is 0.303 e. The number of benzene rings is 1. The van der Waals surface area contributed by atoms with E-state index in [-0.39, 0.29) is 0 Å². The van der Waals surface area contributed by atoms with E-state index in [1.807, 2.05) is 0 Å². The number of rotatable bonds is 4. The van der Waals surface area contributed by atoms with E-state index in [4.69, 9.17) is 5.11 Å². The number of likely N-dealkylation sites (tertiary alicyclic amines) is 1. The van der Waals surface area contributed by atoms with Crippen LogP contribution in [0, 0.1) is 5.92 Å². The van der Waals surface area contributed by atoms with Crippen molar-refractivity contribution in [3.8, 4) is 0 Å². The number of carbonyl (C=O) groups is 1. The first kappa shape index (κ1) is 14.5. The highest BCUT2D eigenvalue weighted by Gasteiger charge is 2.24. The molecule has 0 saturated carbocycles. The van der Waals surface area contributed by atoms with Crippen LogP contribution in [0.1, 0.15) is 37.8 Å². The number of piperidine rings is 1. The van der Waals surface area contributed by atoms with Crippen LogP contribution < -0.4 is 0 Å². The van der Waals surface area contributed by atoms with Gasteiger partial charge in [0.2, 0.25) is 0 Å². The summed E-state index contributed by atoms with van der Waals surface area (Å²) >= 11 is 3.45. The van der Waals surface area contributed by atoms with Crippen LogP contribution in [-0.2, 0) is 4.79 Å². The van der Waals surface area contributed by atoms with Crippen LogP contribution in [0.4, 0.5) is 0 Å². The third-order valence-electron chi connectivity index (χ3n) is 4.01. The van der Waals surface area contributed by atoms with E-state index in [0.29, 0.717) is 18.4 Å². The molecule has 104 valence electrons. The van der Waals surface area contributed by atoms with Crippen LogP contribution in [0.5, 0.6) is 0 Å². The Balaban J connectivity index is 1.90. The molecular formula is C15H20BrNO2. The fourth-order valence-electron chi connectivity index (χ4n) is 2.74. The fraction of sp³-hybridized carbons (Fsp3) is 0.533. The molecule has 0 aliphatic carbocycles. The average molecular weight is 326 g/mol. The van der Waals surface area contributed by atoms with Gasteiger partial charge in [0.15, 0.2) is 0 Å². The number of carboxylic acid groups (broad SMARTS) is 1. The first-order chi connectivity index (χ1) is 9.06. The largest absolute Gasteiger partial charge is 0.481 e. The second kappa shape index (κ2) is 6.53. The zero-order valence-electron chi connectivity index (χ0n) is 11.2. The van der Waals surface area contributed by atoms with Gasteiger partial charge in [-0.25, -0.2) is 0 Å². The van der Waals surface area contributed by atoms with E-state index in [2.05, 4.69) is 52.0 Å². The van der Waals surface area contributed by atoms with Crippen LogP contribution >= 0.6 is 15.9 Å². The van der Waals surface area contributed by atoms with Crippen molar-refractivity contribution in [1.82, 2.24) is 4.90 Å². The van der Waals surface area contributed by atoms with Gasteiger partial charge in [0.05, 0.1) is 0 Å². The maximum atomic E-state index is 10.7. The molecule has 3 nitrogen and oxygen atoms in total. The maximum absolute atomic E-state index is 10.7. The molecule has 1 heterocycles. The third-order valence-corrected chi connectivity index (χ3v) is 4.54. The van der Waals surface area contributed by atoms with Gasteiger partial charge in [-0.1, -0.05) is 28.1 Å². The van der Waals surface area contributed by atoms with Crippen molar-refractivity contribution in [2.45, 2.75) is 32.2 Å². The Hall–Kier alpha value is -0.870. The molecule has 1 N–H and O–H groups in total. The zero-order valence-corrected chi connectivity index (χ0v) is 12.8. The molecule has 0 spiro atoms. The van der Waals surface area contributed by atoms with E-state index in [1.54, 1.807) is 0 Å². The van der Waals surface area contributed by atoms with E-state index >= 15 is 0 Å². The molecule has 0 aromatic heterocycles. The summed E-state index contributed by atoms with van der Waals surface area (Å²) in [5.74, 6) is -0.315. The lowest BCUT2D eigenvalue weighted by atomic mass is 9.92. The number of hydrogen-bond donors (Lipinski definition) is 1. The molecule has 1 atom stereocenters. The third kappa shape index (κ3) is 4.05. The summed E-state index contributed by atoms with van der Waals surface area (Å²) in [6, 6.07) is 8.85. The zero-order chi connectivity index (χ0) is 13.8. The number of nitrogens with zero attached hydrogens (tertiary/aromatic N) is 1. The quantitative estimate of drug-likeness (QED) is 0.917. The number of hydrogen-bond acceptors (Lipinski definition) is 2. The lowest BCUT2D eigenvalue weighted by Gasteiger charge is -2.35. The highest BCUT2D eigenvalue weighted by atomic mass is 79.9. The Kier molecular flexibility index (Phi) is 4.99. The number of halogens is 1. The summed E-state index contributed by atoms with van der Waals surface area (Å²) in [6.07, 6.45) is 2.31. The first-order valence-electron chi connectivity index (χ1n) is 6.77. The van der Waals surface area contributed by atoms with E-state index in [0.717, 1.165) is 30.4 Å². The fourth-order valence-corrected chi connectivity index (χ4v) is 3.01. The van der Waals surface area contributed by atoms with Crippen molar-refractivity contribution in [3.63, 3.8) is 0 Å². The molecule has 1 aliphatic heterocycles. The first-order valence-corrected chi connectivity index (χ1v) is 7.57. The summed E-state index contributed by atoms with van der Waals surface area (Å²) in [5.41, 5.74) is 1.32. The molecule has 0 bridgehead atoms. The molecule has 1 fully saturated rings. The molecule has 1 unspecified atom stereocenters. The SMILES string of the molecule is CC(c1ccc(Br)cc1)N1CCC(CC(=O)O)CC1. The molecular weight excluding hydrogens is 306 g/mol. The van der Waals surface area contributed by atoms with Gasteiger partial charge in [0.25, 0.3) is 0 Å². The molecule has 1 saturated heterocycles. The Morgan fingerprint density at radius 3 is 2.47 bits per heavy atom. The van der Waals surface area contributed by atoms with Crippen molar-refractivity contribution in [2.24, 2.45) is 5.92 Å². The van der Waals surface area contributed by atoms with Gasteiger partial charge in [0.1, 0.15) is 0 Å². The van der Waals surface area contributed by atoms with E-state index in [9.17, 15) is 4.79 Å². The summed E-state index contributed by atoms with van der Waals surface area (Å²) in [5, 5.41) is 8.83. The number of aliphatic carboxylic acids is 1. The summed E-state index contributed by atoms with van der Waals surface area (Å²) in [6.45, 7) is 4.21. The van der Waals surface area contributed by atoms with Gasteiger partial charge < -0.3 is 5.11 Å². The monoisotopic (exact) mass is 325 g/mol. The van der Waals surface area contributed by atoms with Gasteiger partial charge in [-0.2, -0.15) is 0 Å². The van der Waals surface area contributed by atoms with Crippen molar-refractivity contribution in [1.29, 1.82) is 0 Å². The Bertz CT molecular complexity index is 424. The van der Waals surface area contributed by atoms with Crippen LogP contribution in [0.15, 0.2) is 28.7 Å². The van der Waals surface area contributed by atoms with Gasteiger partial charge in [-0.15, -0.1) is 0 Å². The molecule has 1 aromatic rings. The van der Waals surface area contributed by atoms with E-state index < -0.39 is 5.97 Å². The highest BCUT2D eigenvalue weighted by Crippen LogP contribution is 2.28. The second-order valence-corrected chi connectivity index (χ2v) is 6.22. The van der Waals surface area contributed by atoms with Crippen LogP contribution in [0.3, 0.4) is 0 Å². The van der Waals surface area contributed by atoms with E-state index in [1.165, 1.54) is 5.56 Å². The molecule has 19 heavy (non-hydrogen) atoms. The van der Waals surface area contributed by atoms with Crippen molar-refractivity contribution < 1.29 is 9.90 Å². The lowest BCUT2D eigenvalue weighted by molar-refractivity contribution is -0.138. The van der Waals surface area contributed by atoms with Crippen LogP contribution in [0.25, 0.3) is 0 Å². The topological polar surface area (TPSA) is 40.5 Å².